The third kappa shape index (κ3) is 3.11. The molecule has 18 heavy (non-hydrogen) atoms. The summed E-state index contributed by atoms with van der Waals surface area (Å²) in [6.07, 6.45) is 1.16. The van der Waals surface area contributed by atoms with Gasteiger partial charge in [-0.25, -0.2) is 0 Å². The van der Waals surface area contributed by atoms with E-state index < -0.39 is 0 Å². The highest BCUT2D eigenvalue weighted by Gasteiger charge is 2.26. The smallest absolute Gasteiger partial charge is 0.0654 e. The molecular weight excluding hydrogens is 267 g/mol. The maximum absolute atomic E-state index is 6.27. The zero-order valence-corrected chi connectivity index (χ0v) is 12.4. The SMILES string of the molecule is CCNC1CCN(c2ccc(Cl)cc2Cl)CC1C. The fourth-order valence-electron chi connectivity index (χ4n) is 2.67. The van der Waals surface area contributed by atoms with Crippen LogP contribution in [0.2, 0.25) is 10.0 Å². The lowest BCUT2D eigenvalue weighted by Gasteiger charge is -2.39. The van der Waals surface area contributed by atoms with Gasteiger partial charge >= 0.3 is 0 Å². The lowest BCUT2D eigenvalue weighted by atomic mass is 9.93. The lowest BCUT2D eigenvalue weighted by Crippen LogP contribution is -2.48. The molecule has 1 aromatic rings. The van der Waals surface area contributed by atoms with Crippen molar-refractivity contribution in [3.63, 3.8) is 0 Å². The van der Waals surface area contributed by atoms with Crippen molar-refractivity contribution >= 4 is 28.9 Å². The number of anilines is 1. The van der Waals surface area contributed by atoms with Crippen LogP contribution in [0.4, 0.5) is 5.69 Å². The van der Waals surface area contributed by atoms with Gasteiger partial charge in [0, 0.05) is 24.2 Å². The van der Waals surface area contributed by atoms with E-state index in [1.54, 1.807) is 0 Å². The van der Waals surface area contributed by atoms with E-state index in [4.69, 9.17) is 23.2 Å². The molecule has 1 fully saturated rings. The van der Waals surface area contributed by atoms with Gasteiger partial charge in [-0.3, -0.25) is 0 Å². The number of benzene rings is 1. The summed E-state index contributed by atoms with van der Waals surface area (Å²) < 4.78 is 0. The monoisotopic (exact) mass is 286 g/mol. The third-order valence-electron chi connectivity index (χ3n) is 3.62. The molecule has 100 valence electrons. The standard InChI is InChI=1S/C14H20Cl2N2/c1-3-17-13-6-7-18(9-10(13)2)14-5-4-11(15)8-12(14)16/h4-5,8,10,13,17H,3,6-7,9H2,1-2H3. The molecule has 0 radical (unpaired) electrons. The molecule has 1 heterocycles. The first-order valence-electron chi connectivity index (χ1n) is 6.55. The molecular formula is C14H20Cl2N2. The average Bonchev–Trinajstić information content (AvgIpc) is 2.32. The van der Waals surface area contributed by atoms with E-state index in [-0.39, 0.29) is 0 Å². The number of nitrogens with one attached hydrogen (secondary N) is 1. The van der Waals surface area contributed by atoms with E-state index in [1.165, 1.54) is 0 Å². The van der Waals surface area contributed by atoms with Gasteiger partial charge in [0.15, 0.2) is 0 Å². The van der Waals surface area contributed by atoms with Gasteiger partial charge < -0.3 is 10.2 Å². The van der Waals surface area contributed by atoms with Crippen LogP contribution in [0, 0.1) is 5.92 Å². The Hall–Kier alpha value is -0.440. The van der Waals surface area contributed by atoms with Crippen LogP contribution in [0.25, 0.3) is 0 Å². The fourth-order valence-corrected chi connectivity index (χ4v) is 3.20. The predicted octanol–water partition coefficient (Wildman–Crippen LogP) is 3.82. The minimum Gasteiger partial charge on any atom is -0.370 e. The van der Waals surface area contributed by atoms with Gasteiger partial charge in [-0.2, -0.15) is 0 Å². The Labute approximate surface area is 119 Å². The van der Waals surface area contributed by atoms with E-state index >= 15 is 0 Å². The summed E-state index contributed by atoms with van der Waals surface area (Å²) in [5, 5.41) is 4.99. The van der Waals surface area contributed by atoms with E-state index in [0.29, 0.717) is 17.0 Å². The predicted molar refractivity (Wildman–Crippen MR) is 79.9 cm³/mol. The summed E-state index contributed by atoms with van der Waals surface area (Å²) in [5.41, 5.74) is 1.10. The van der Waals surface area contributed by atoms with Crippen LogP contribution in [-0.4, -0.2) is 25.7 Å². The third-order valence-corrected chi connectivity index (χ3v) is 4.16. The molecule has 1 aromatic carbocycles. The second kappa shape index (κ2) is 6.14. The van der Waals surface area contributed by atoms with E-state index in [9.17, 15) is 0 Å². The van der Waals surface area contributed by atoms with Gasteiger partial charge in [0.05, 0.1) is 10.7 Å². The summed E-state index contributed by atoms with van der Waals surface area (Å²) in [4.78, 5) is 2.36. The molecule has 1 aliphatic rings. The molecule has 2 nitrogen and oxygen atoms in total. The Balaban J connectivity index is 2.07. The minimum absolute atomic E-state index is 0.623. The fraction of sp³-hybridized carbons (Fsp3) is 0.571. The Morgan fingerprint density at radius 2 is 2.17 bits per heavy atom. The molecule has 1 aliphatic heterocycles. The number of nitrogens with zero attached hydrogens (tertiary/aromatic N) is 1. The molecule has 0 saturated carbocycles. The number of piperidine rings is 1. The molecule has 0 bridgehead atoms. The Morgan fingerprint density at radius 3 is 2.78 bits per heavy atom. The first kappa shape index (κ1) is 14.0. The van der Waals surface area contributed by atoms with Crippen molar-refractivity contribution in [2.24, 2.45) is 5.92 Å². The van der Waals surface area contributed by atoms with Crippen molar-refractivity contribution in [1.82, 2.24) is 5.32 Å². The van der Waals surface area contributed by atoms with Crippen molar-refractivity contribution < 1.29 is 0 Å². The highest BCUT2D eigenvalue weighted by Crippen LogP contribution is 2.31. The molecule has 0 spiro atoms. The van der Waals surface area contributed by atoms with E-state index in [1.807, 2.05) is 18.2 Å². The van der Waals surface area contributed by atoms with E-state index in [2.05, 4.69) is 24.1 Å². The number of halogens is 2. The maximum atomic E-state index is 6.27. The van der Waals surface area contributed by atoms with Gasteiger partial charge in [0.25, 0.3) is 0 Å². The van der Waals surface area contributed by atoms with Gasteiger partial charge in [0.1, 0.15) is 0 Å². The molecule has 0 aromatic heterocycles. The molecule has 2 atom stereocenters. The van der Waals surface area contributed by atoms with Crippen LogP contribution in [0.3, 0.4) is 0 Å². The molecule has 0 amide bonds. The molecule has 0 aliphatic carbocycles. The van der Waals surface area contributed by atoms with Crippen LogP contribution in [-0.2, 0) is 0 Å². The molecule has 2 unspecified atom stereocenters. The van der Waals surface area contributed by atoms with Gasteiger partial charge in [-0.15, -0.1) is 0 Å². The van der Waals surface area contributed by atoms with Crippen molar-refractivity contribution in [3.05, 3.63) is 28.2 Å². The van der Waals surface area contributed by atoms with Crippen LogP contribution in [0.15, 0.2) is 18.2 Å². The Morgan fingerprint density at radius 1 is 1.39 bits per heavy atom. The zero-order chi connectivity index (χ0) is 13.1. The lowest BCUT2D eigenvalue weighted by molar-refractivity contribution is 0.327. The van der Waals surface area contributed by atoms with Gasteiger partial charge in [-0.05, 0) is 37.1 Å². The van der Waals surface area contributed by atoms with Crippen LogP contribution in [0.5, 0.6) is 0 Å². The van der Waals surface area contributed by atoms with Gasteiger partial charge in [0.2, 0.25) is 0 Å². The highest BCUT2D eigenvalue weighted by molar-refractivity contribution is 6.36. The molecule has 1 saturated heterocycles. The quantitative estimate of drug-likeness (QED) is 0.909. The van der Waals surface area contributed by atoms with Crippen molar-refractivity contribution in [2.45, 2.75) is 26.3 Å². The minimum atomic E-state index is 0.623. The summed E-state index contributed by atoms with van der Waals surface area (Å²) in [6.45, 7) is 7.58. The number of hydrogen-bond acceptors (Lipinski definition) is 2. The summed E-state index contributed by atoms with van der Waals surface area (Å²) in [5.74, 6) is 0.630. The van der Waals surface area contributed by atoms with Crippen molar-refractivity contribution in [1.29, 1.82) is 0 Å². The largest absolute Gasteiger partial charge is 0.370 e. The molecule has 4 heteroatoms. The number of hydrogen-bond donors (Lipinski definition) is 1. The topological polar surface area (TPSA) is 15.3 Å². The maximum Gasteiger partial charge on any atom is 0.0654 e. The Kier molecular flexibility index (Phi) is 4.77. The normalized spacial score (nSPS) is 24.3. The van der Waals surface area contributed by atoms with Crippen molar-refractivity contribution in [2.75, 3.05) is 24.5 Å². The first-order chi connectivity index (χ1) is 8.61. The summed E-state index contributed by atoms with van der Waals surface area (Å²) in [6, 6.07) is 6.37. The second-order valence-corrected chi connectivity index (χ2v) is 5.82. The first-order valence-corrected chi connectivity index (χ1v) is 7.30. The van der Waals surface area contributed by atoms with Crippen molar-refractivity contribution in [3.8, 4) is 0 Å². The van der Waals surface area contributed by atoms with Gasteiger partial charge in [-0.1, -0.05) is 37.0 Å². The number of rotatable bonds is 3. The highest BCUT2D eigenvalue weighted by atomic mass is 35.5. The Bertz CT molecular complexity index is 409. The zero-order valence-electron chi connectivity index (χ0n) is 10.9. The summed E-state index contributed by atoms with van der Waals surface area (Å²) >= 11 is 12.2. The second-order valence-electron chi connectivity index (χ2n) is 4.97. The van der Waals surface area contributed by atoms with E-state index in [0.717, 1.165) is 36.8 Å². The van der Waals surface area contributed by atoms with Crippen LogP contribution >= 0.6 is 23.2 Å². The molecule has 1 N–H and O–H groups in total. The van der Waals surface area contributed by atoms with Crippen LogP contribution < -0.4 is 10.2 Å². The summed E-state index contributed by atoms with van der Waals surface area (Å²) in [7, 11) is 0. The average molecular weight is 287 g/mol. The van der Waals surface area contributed by atoms with Crippen LogP contribution in [0.1, 0.15) is 20.3 Å². The molecule has 2 rings (SSSR count).